The Bertz CT molecular complexity index is 566. The summed E-state index contributed by atoms with van der Waals surface area (Å²) in [7, 11) is 1.70. The van der Waals surface area contributed by atoms with Crippen LogP contribution >= 0.6 is 0 Å². The number of hydrogen-bond acceptors (Lipinski definition) is 2. The van der Waals surface area contributed by atoms with E-state index in [1.807, 2.05) is 18.2 Å². The first-order chi connectivity index (χ1) is 8.80. The van der Waals surface area contributed by atoms with Crippen molar-refractivity contribution in [2.45, 2.75) is 13.3 Å². The number of hydrogen-bond donors (Lipinski definition) is 1. The molecule has 0 radical (unpaired) electrons. The van der Waals surface area contributed by atoms with Crippen LogP contribution in [-0.2, 0) is 0 Å². The lowest BCUT2D eigenvalue weighted by molar-refractivity contribution is 0.420. The van der Waals surface area contributed by atoms with Gasteiger partial charge in [0.15, 0.2) is 0 Å². The van der Waals surface area contributed by atoms with Crippen molar-refractivity contribution < 1.29 is 4.74 Å². The summed E-state index contributed by atoms with van der Waals surface area (Å²) >= 11 is 0. The SMILES string of the molecule is CCC(=Cc1ccc(OC)c2ccccc12)CN. The Balaban J connectivity index is 2.63. The molecule has 0 aromatic heterocycles. The molecule has 0 aliphatic rings. The molecule has 2 nitrogen and oxygen atoms in total. The number of ether oxygens (including phenoxy) is 1. The van der Waals surface area contributed by atoms with E-state index in [0.717, 1.165) is 17.6 Å². The summed E-state index contributed by atoms with van der Waals surface area (Å²) in [5, 5.41) is 2.34. The average Bonchev–Trinajstić information content (AvgIpc) is 2.44. The van der Waals surface area contributed by atoms with Crippen LogP contribution in [0.1, 0.15) is 18.9 Å². The van der Waals surface area contributed by atoms with Crippen molar-refractivity contribution in [1.82, 2.24) is 0 Å². The maximum atomic E-state index is 5.74. The first-order valence-corrected chi connectivity index (χ1v) is 6.25. The van der Waals surface area contributed by atoms with Gasteiger partial charge in [-0.05, 0) is 23.4 Å². The van der Waals surface area contributed by atoms with Gasteiger partial charge in [0.2, 0.25) is 0 Å². The second-order valence-electron chi connectivity index (χ2n) is 4.26. The highest BCUT2D eigenvalue weighted by atomic mass is 16.5. The van der Waals surface area contributed by atoms with Crippen molar-refractivity contribution in [1.29, 1.82) is 0 Å². The molecule has 0 bridgehead atoms. The molecule has 0 aliphatic carbocycles. The summed E-state index contributed by atoms with van der Waals surface area (Å²) in [6.07, 6.45) is 3.17. The third-order valence-corrected chi connectivity index (χ3v) is 3.21. The number of fused-ring (bicyclic) bond motifs is 1. The molecule has 94 valence electrons. The maximum absolute atomic E-state index is 5.74. The van der Waals surface area contributed by atoms with Crippen LogP contribution in [0.5, 0.6) is 5.75 Å². The summed E-state index contributed by atoms with van der Waals surface area (Å²) in [6.45, 7) is 2.74. The molecular weight excluding hydrogens is 222 g/mol. The van der Waals surface area contributed by atoms with E-state index >= 15 is 0 Å². The van der Waals surface area contributed by atoms with Gasteiger partial charge in [0.25, 0.3) is 0 Å². The third kappa shape index (κ3) is 2.39. The van der Waals surface area contributed by atoms with Gasteiger partial charge in [0.05, 0.1) is 7.11 Å². The lowest BCUT2D eigenvalue weighted by atomic mass is 10.0. The molecule has 0 saturated heterocycles. The standard InChI is InChI=1S/C16H19NO/c1-3-12(11-17)10-13-8-9-16(18-2)15-7-5-4-6-14(13)15/h4-10H,3,11,17H2,1-2H3. The fourth-order valence-electron chi connectivity index (χ4n) is 2.12. The fourth-order valence-corrected chi connectivity index (χ4v) is 2.12. The average molecular weight is 241 g/mol. The molecule has 0 aliphatic heterocycles. The van der Waals surface area contributed by atoms with Gasteiger partial charge in [-0.2, -0.15) is 0 Å². The molecule has 2 aromatic carbocycles. The van der Waals surface area contributed by atoms with Crippen LogP contribution < -0.4 is 10.5 Å². The summed E-state index contributed by atoms with van der Waals surface area (Å²) < 4.78 is 5.39. The zero-order valence-corrected chi connectivity index (χ0v) is 10.9. The van der Waals surface area contributed by atoms with Gasteiger partial charge in [-0.3, -0.25) is 0 Å². The van der Waals surface area contributed by atoms with Gasteiger partial charge in [0, 0.05) is 11.9 Å². The topological polar surface area (TPSA) is 35.2 Å². The second kappa shape index (κ2) is 5.69. The summed E-state index contributed by atoms with van der Waals surface area (Å²) in [4.78, 5) is 0. The minimum Gasteiger partial charge on any atom is -0.496 e. The van der Waals surface area contributed by atoms with Crippen LogP contribution in [-0.4, -0.2) is 13.7 Å². The molecule has 2 N–H and O–H groups in total. The van der Waals surface area contributed by atoms with Crippen LogP contribution in [0.2, 0.25) is 0 Å². The highest BCUT2D eigenvalue weighted by Gasteiger charge is 2.04. The Morgan fingerprint density at radius 3 is 2.50 bits per heavy atom. The Morgan fingerprint density at radius 1 is 1.17 bits per heavy atom. The molecule has 2 rings (SSSR count). The van der Waals surface area contributed by atoms with E-state index in [1.165, 1.54) is 16.5 Å². The third-order valence-electron chi connectivity index (χ3n) is 3.21. The number of benzene rings is 2. The minimum atomic E-state index is 0.608. The van der Waals surface area contributed by atoms with E-state index in [1.54, 1.807) is 7.11 Å². The van der Waals surface area contributed by atoms with Crippen molar-refractivity contribution >= 4 is 16.8 Å². The fraction of sp³-hybridized carbons (Fsp3) is 0.250. The minimum absolute atomic E-state index is 0.608. The number of methoxy groups -OCH3 is 1. The van der Waals surface area contributed by atoms with E-state index in [2.05, 4.69) is 31.2 Å². The zero-order chi connectivity index (χ0) is 13.0. The predicted octanol–water partition coefficient (Wildman–Crippen LogP) is 3.60. The molecule has 0 heterocycles. The first kappa shape index (κ1) is 12.7. The Morgan fingerprint density at radius 2 is 1.89 bits per heavy atom. The van der Waals surface area contributed by atoms with Crippen LogP contribution in [0, 0.1) is 0 Å². The maximum Gasteiger partial charge on any atom is 0.126 e. The largest absolute Gasteiger partial charge is 0.496 e. The monoisotopic (exact) mass is 241 g/mol. The Kier molecular flexibility index (Phi) is 4.00. The normalized spacial score (nSPS) is 11.8. The molecule has 0 atom stereocenters. The summed E-state index contributed by atoms with van der Waals surface area (Å²) in [6, 6.07) is 12.4. The zero-order valence-electron chi connectivity index (χ0n) is 10.9. The van der Waals surface area contributed by atoms with E-state index in [0.29, 0.717) is 6.54 Å². The summed E-state index contributed by atoms with van der Waals surface area (Å²) in [5.41, 5.74) is 8.20. The summed E-state index contributed by atoms with van der Waals surface area (Å²) in [5.74, 6) is 0.911. The molecule has 0 amide bonds. The molecule has 0 spiro atoms. The molecule has 2 aromatic rings. The molecule has 0 saturated carbocycles. The lowest BCUT2D eigenvalue weighted by Gasteiger charge is -2.09. The Hall–Kier alpha value is -1.80. The van der Waals surface area contributed by atoms with Gasteiger partial charge in [-0.1, -0.05) is 48.9 Å². The van der Waals surface area contributed by atoms with E-state index in [4.69, 9.17) is 10.5 Å². The van der Waals surface area contributed by atoms with Crippen molar-refractivity contribution in [3.8, 4) is 5.75 Å². The quantitative estimate of drug-likeness (QED) is 0.887. The van der Waals surface area contributed by atoms with Gasteiger partial charge < -0.3 is 10.5 Å². The predicted molar refractivity (Wildman–Crippen MR) is 77.8 cm³/mol. The van der Waals surface area contributed by atoms with E-state index in [9.17, 15) is 0 Å². The van der Waals surface area contributed by atoms with Gasteiger partial charge in [-0.15, -0.1) is 0 Å². The Labute approximate surface area is 108 Å². The van der Waals surface area contributed by atoms with Crippen LogP contribution in [0.4, 0.5) is 0 Å². The highest BCUT2D eigenvalue weighted by molar-refractivity contribution is 5.95. The van der Waals surface area contributed by atoms with Gasteiger partial charge >= 0.3 is 0 Å². The van der Waals surface area contributed by atoms with Crippen molar-refractivity contribution in [2.75, 3.05) is 13.7 Å². The second-order valence-corrected chi connectivity index (χ2v) is 4.26. The van der Waals surface area contributed by atoms with Crippen LogP contribution in [0.15, 0.2) is 42.0 Å². The lowest BCUT2D eigenvalue weighted by Crippen LogP contribution is -2.01. The van der Waals surface area contributed by atoms with Gasteiger partial charge in [0.1, 0.15) is 5.75 Å². The van der Waals surface area contributed by atoms with Crippen molar-refractivity contribution in [3.63, 3.8) is 0 Å². The van der Waals surface area contributed by atoms with Gasteiger partial charge in [-0.25, -0.2) is 0 Å². The van der Waals surface area contributed by atoms with E-state index < -0.39 is 0 Å². The molecular formula is C16H19NO. The molecule has 0 unspecified atom stereocenters. The van der Waals surface area contributed by atoms with Crippen LogP contribution in [0.3, 0.4) is 0 Å². The van der Waals surface area contributed by atoms with Crippen LogP contribution in [0.25, 0.3) is 16.8 Å². The van der Waals surface area contributed by atoms with Crippen molar-refractivity contribution in [2.24, 2.45) is 5.73 Å². The number of rotatable bonds is 4. The molecule has 0 fully saturated rings. The molecule has 18 heavy (non-hydrogen) atoms. The number of nitrogens with two attached hydrogens (primary N) is 1. The van der Waals surface area contributed by atoms with Crippen molar-refractivity contribution in [3.05, 3.63) is 47.5 Å². The highest BCUT2D eigenvalue weighted by Crippen LogP contribution is 2.29. The molecule has 2 heteroatoms. The van der Waals surface area contributed by atoms with E-state index in [-0.39, 0.29) is 0 Å². The smallest absolute Gasteiger partial charge is 0.126 e. The first-order valence-electron chi connectivity index (χ1n) is 6.25.